The Bertz CT molecular complexity index is 586. The van der Waals surface area contributed by atoms with Crippen molar-refractivity contribution in [2.24, 2.45) is 0 Å². The van der Waals surface area contributed by atoms with Gasteiger partial charge in [0.05, 0.1) is 6.10 Å². The van der Waals surface area contributed by atoms with E-state index >= 15 is 0 Å². The van der Waals surface area contributed by atoms with Gasteiger partial charge in [-0.25, -0.2) is 0 Å². The monoisotopic (exact) mass is 335 g/mol. The van der Waals surface area contributed by atoms with E-state index in [1.54, 1.807) is 12.1 Å². The number of rotatable bonds is 5. The first-order chi connectivity index (χ1) is 9.58. The number of nitrogens with one attached hydrogen (secondary N) is 1. The molecule has 4 heteroatoms. The lowest BCUT2D eigenvalue weighted by Gasteiger charge is -2.15. The van der Waals surface area contributed by atoms with Crippen molar-refractivity contribution < 1.29 is 10.2 Å². The van der Waals surface area contributed by atoms with Gasteiger partial charge in [-0.2, -0.15) is 0 Å². The third kappa shape index (κ3) is 3.82. The van der Waals surface area contributed by atoms with Crippen LogP contribution >= 0.6 is 15.9 Å². The van der Waals surface area contributed by atoms with Gasteiger partial charge in [-0.1, -0.05) is 40.2 Å². The molecule has 3 N–H and O–H groups in total. The minimum Gasteiger partial charge on any atom is -0.508 e. The predicted octanol–water partition coefficient (Wildman–Crippen LogP) is 3.29. The SMILES string of the molecule is Cc1ccccc1C(O)CNCc1cc(O)ccc1Br. The predicted molar refractivity (Wildman–Crippen MR) is 83.7 cm³/mol. The van der Waals surface area contributed by atoms with Crippen molar-refractivity contribution in [3.8, 4) is 5.75 Å². The van der Waals surface area contributed by atoms with Crippen LogP contribution in [0.2, 0.25) is 0 Å². The molecule has 0 fully saturated rings. The molecule has 0 heterocycles. The highest BCUT2D eigenvalue weighted by Crippen LogP contribution is 2.22. The smallest absolute Gasteiger partial charge is 0.115 e. The molecule has 0 saturated carbocycles. The molecule has 20 heavy (non-hydrogen) atoms. The second kappa shape index (κ2) is 6.88. The van der Waals surface area contributed by atoms with E-state index in [1.807, 2.05) is 37.3 Å². The lowest BCUT2D eigenvalue weighted by atomic mass is 10.0. The molecule has 106 valence electrons. The fourth-order valence-electron chi connectivity index (χ4n) is 2.11. The number of hydrogen-bond acceptors (Lipinski definition) is 3. The molecule has 1 unspecified atom stereocenters. The largest absolute Gasteiger partial charge is 0.508 e. The summed E-state index contributed by atoms with van der Waals surface area (Å²) in [6, 6.07) is 13.0. The van der Waals surface area contributed by atoms with Crippen molar-refractivity contribution >= 4 is 15.9 Å². The molecule has 0 aliphatic rings. The molecule has 3 nitrogen and oxygen atoms in total. The second-order valence-corrected chi connectivity index (χ2v) is 5.63. The number of aliphatic hydroxyl groups excluding tert-OH is 1. The van der Waals surface area contributed by atoms with Crippen LogP contribution in [0.15, 0.2) is 46.9 Å². The van der Waals surface area contributed by atoms with Crippen LogP contribution in [0.4, 0.5) is 0 Å². The number of phenolic OH excluding ortho intramolecular Hbond substituents is 1. The highest BCUT2D eigenvalue weighted by Gasteiger charge is 2.09. The summed E-state index contributed by atoms with van der Waals surface area (Å²) in [7, 11) is 0. The molecule has 0 aliphatic carbocycles. The fourth-order valence-corrected chi connectivity index (χ4v) is 2.50. The summed E-state index contributed by atoms with van der Waals surface area (Å²) in [6.45, 7) is 3.04. The van der Waals surface area contributed by atoms with Gasteiger partial charge >= 0.3 is 0 Å². The van der Waals surface area contributed by atoms with Crippen molar-refractivity contribution in [1.82, 2.24) is 5.32 Å². The molecule has 2 aromatic rings. The summed E-state index contributed by atoms with van der Waals surface area (Å²) < 4.78 is 0.938. The van der Waals surface area contributed by atoms with E-state index in [9.17, 15) is 10.2 Å². The average Bonchev–Trinajstić information content (AvgIpc) is 2.43. The lowest BCUT2D eigenvalue weighted by molar-refractivity contribution is 0.173. The van der Waals surface area contributed by atoms with E-state index in [-0.39, 0.29) is 5.75 Å². The molecule has 0 bridgehead atoms. The zero-order chi connectivity index (χ0) is 14.5. The minimum absolute atomic E-state index is 0.240. The first-order valence-corrected chi connectivity index (χ1v) is 7.29. The van der Waals surface area contributed by atoms with Crippen LogP contribution in [-0.2, 0) is 6.54 Å². The summed E-state index contributed by atoms with van der Waals surface area (Å²) in [5.74, 6) is 0.240. The van der Waals surface area contributed by atoms with Gasteiger partial charge in [-0.05, 0) is 41.8 Å². The first kappa shape index (κ1) is 15.0. The highest BCUT2D eigenvalue weighted by atomic mass is 79.9. The topological polar surface area (TPSA) is 52.5 Å². The van der Waals surface area contributed by atoms with Crippen molar-refractivity contribution in [3.63, 3.8) is 0 Å². The van der Waals surface area contributed by atoms with E-state index in [4.69, 9.17) is 0 Å². The Morgan fingerprint density at radius 3 is 2.70 bits per heavy atom. The van der Waals surface area contributed by atoms with Crippen molar-refractivity contribution in [2.45, 2.75) is 19.6 Å². The normalized spacial score (nSPS) is 12.3. The molecular weight excluding hydrogens is 318 g/mol. The molecular formula is C16H18BrNO2. The van der Waals surface area contributed by atoms with E-state index in [0.29, 0.717) is 13.1 Å². The van der Waals surface area contributed by atoms with Gasteiger partial charge in [0.25, 0.3) is 0 Å². The van der Waals surface area contributed by atoms with Gasteiger partial charge in [-0.15, -0.1) is 0 Å². The molecule has 0 amide bonds. The molecule has 2 aromatic carbocycles. The Balaban J connectivity index is 1.93. The third-order valence-electron chi connectivity index (χ3n) is 3.23. The standard InChI is InChI=1S/C16H18BrNO2/c1-11-4-2-3-5-14(11)16(20)10-18-9-12-8-13(19)6-7-15(12)17/h2-8,16,18-20H,9-10H2,1H3. The zero-order valence-corrected chi connectivity index (χ0v) is 12.9. The number of hydrogen-bond donors (Lipinski definition) is 3. The molecule has 2 rings (SSSR count). The van der Waals surface area contributed by atoms with E-state index < -0.39 is 6.10 Å². The minimum atomic E-state index is -0.535. The maximum Gasteiger partial charge on any atom is 0.115 e. The Morgan fingerprint density at radius 1 is 1.20 bits per heavy atom. The van der Waals surface area contributed by atoms with Crippen molar-refractivity contribution in [2.75, 3.05) is 6.54 Å². The van der Waals surface area contributed by atoms with Crippen LogP contribution in [0.25, 0.3) is 0 Å². The number of benzene rings is 2. The highest BCUT2D eigenvalue weighted by molar-refractivity contribution is 9.10. The summed E-state index contributed by atoms with van der Waals surface area (Å²) >= 11 is 3.44. The fraction of sp³-hybridized carbons (Fsp3) is 0.250. The molecule has 0 spiro atoms. The quantitative estimate of drug-likeness (QED) is 0.785. The van der Waals surface area contributed by atoms with E-state index in [2.05, 4.69) is 21.2 Å². The van der Waals surface area contributed by atoms with Crippen molar-refractivity contribution in [3.05, 3.63) is 63.6 Å². The Labute approximate surface area is 127 Å². The van der Waals surface area contributed by atoms with E-state index in [0.717, 1.165) is 21.2 Å². The van der Waals surface area contributed by atoms with Gasteiger partial charge in [0.2, 0.25) is 0 Å². The van der Waals surface area contributed by atoms with Crippen LogP contribution in [0, 0.1) is 6.92 Å². The molecule has 0 aromatic heterocycles. The van der Waals surface area contributed by atoms with Gasteiger partial charge in [0.1, 0.15) is 5.75 Å². The number of phenols is 1. The zero-order valence-electron chi connectivity index (χ0n) is 11.3. The Kier molecular flexibility index (Phi) is 5.17. The van der Waals surface area contributed by atoms with Crippen LogP contribution in [0.5, 0.6) is 5.75 Å². The summed E-state index contributed by atoms with van der Waals surface area (Å²) in [6.07, 6.45) is -0.535. The summed E-state index contributed by atoms with van der Waals surface area (Å²) in [5.41, 5.74) is 2.98. The Morgan fingerprint density at radius 2 is 1.95 bits per heavy atom. The van der Waals surface area contributed by atoms with Crippen LogP contribution < -0.4 is 5.32 Å². The third-order valence-corrected chi connectivity index (χ3v) is 4.00. The molecule has 0 saturated heterocycles. The number of aryl methyl sites for hydroxylation is 1. The average molecular weight is 336 g/mol. The van der Waals surface area contributed by atoms with Gasteiger partial charge in [-0.3, -0.25) is 0 Å². The van der Waals surface area contributed by atoms with E-state index in [1.165, 1.54) is 0 Å². The number of aromatic hydroxyl groups is 1. The molecule has 0 aliphatic heterocycles. The van der Waals surface area contributed by atoms with Crippen LogP contribution in [0.3, 0.4) is 0 Å². The number of halogens is 1. The second-order valence-electron chi connectivity index (χ2n) is 4.78. The van der Waals surface area contributed by atoms with Gasteiger partial charge in [0, 0.05) is 17.6 Å². The maximum absolute atomic E-state index is 10.2. The van der Waals surface area contributed by atoms with Crippen LogP contribution in [0.1, 0.15) is 22.8 Å². The van der Waals surface area contributed by atoms with Crippen molar-refractivity contribution in [1.29, 1.82) is 0 Å². The summed E-state index contributed by atoms with van der Waals surface area (Å²) in [5, 5.41) is 22.8. The first-order valence-electron chi connectivity index (χ1n) is 6.49. The summed E-state index contributed by atoms with van der Waals surface area (Å²) in [4.78, 5) is 0. The Hall–Kier alpha value is -1.36. The van der Waals surface area contributed by atoms with Gasteiger partial charge in [0.15, 0.2) is 0 Å². The van der Waals surface area contributed by atoms with Gasteiger partial charge < -0.3 is 15.5 Å². The van der Waals surface area contributed by atoms with Crippen LogP contribution in [-0.4, -0.2) is 16.8 Å². The molecule has 1 atom stereocenters. The molecule has 0 radical (unpaired) electrons. The lowest BCUT2D eigenvalue weighted by Crippen LogP contribution is -2.21. The maximum atomic E-state index is 10.2. The number of aliphatic hydroxyl groups is 1.